The van der Waals surface area contributed by atoms with Crippen molar-refractivity contribution in [3.8, 4) is 11.5 Å². The lowest BCUT2D eigenvalue weighted by Crippen LogP contribution is -2.54. The van der Waals surface area contributed by atoms with E-state index in [0.717, 1.165) is 4.90 Å². The fourth-order valence-corrected chi connectivity index (χ4v) is 2.90. The molecule has 0 bridgehead atoms. The molecule has 0 aliphatic carbocycles. The predicted molar refractivity (Wildman–Crippen MR) is 109 cm³/mol. The first-order valence-electron chi connectivity index (χ1n) is 8.92. The SMILES string of the molecule is CCOc1cc(C=C2C(=O)NC(=O)N(c3ccc(Cl)cc3)C2=O)ccc1OC(C)=O. The largest absolute Gasteiger partial charge is 0.490 e. The summed E-state index contributed by atoms with van der Waals surface area (Å²) in [7, 11) is 0. The Morgan fingerprint density at radius 1 is 1.10 bits per heavy atom. The number of carbonyl (C=O) groups is 4. The number of rotatable bonds is 5. The van der Waals surface area contributed by atoms with Gasteiger partial charge in [-0.05, 0) is 55.0 Å². The Balaban J connectivity index is 1.98. The maximum absolute atomic E-state index is 12.9. The lowest BCUT2D eigenvalue weighted by molar-refractivity contribution is -0.132. The van der Waals surface area contributed by atoms with Crippen LogP contribution in [0.4, 0.5) is 10.5 Å². The van der Waals surface area contributed by atoms with E-state index in [4.69, 9.17) is 21.1 Å². The fraction of sp³-hybridized carbons (Fsp3) is 0.143. The van der Waals surface area contributed by atoms with Crippen LogP contribution in [0, 0.1) is 0 Å². The highest BCUT2D eigenvalue weighted by Crippen LogP contribution is 2.30. The first-order valence-corrected chi connectivity index (χ1v) is 9.30. The molecule has 154 valence electrons. The smallest absolute Gasteiger partial charge is 0.335 e. The zero-order valence-electron chi connectivity index (χ0n) is 16.1. The zero-order chi connectivity index (χ0) is 21.8. The molecule has 1 aliphatic rings. The third kappa shape index (κ3) is 4.49. The Morgan fingerprint density at radius 2 is 1.80 bits per heavy atom. The summed E-state index contributed by atoms with van der Waals surface area (Å²) in [4.78, 5) is 49.5. The second kappa shape index (κ2) is 8.79. The molecule has 2 aromatic carbocycles. The number of halogens is 1. The number of hydrogen-bond acceptors (Lipinski definition) is 6. The number of ether oxygens (including phenoxy) is 2. The van der Waals surface area contributed by atoms with Crippen molar-refractivity contribution < 1.29 is 28.7 Å². The normalized spacial score (nSPS) is 15.2. The molecule has 30 heavy (non-hydrogen) atoms. The van der Waals surface area contributed by atoms with Crippen molar-refractivity contribution in [3.05, 3.63) is 58.6 Å². The van der Waals surface area contributed by atoms with Gasteiger partial charge in [0.15, 0.2) is 11.5 Å². The van der Waals surface area contributed by atoms with E-state index in [1.165, 1.54) is 49.4 Å². The molecule has 4 amide bonds. The van der Waals surface area contributed by atoms with E-state index in [1.807, 2.05) is 0 Å². The summed E-state index contributed by atoms with van der Waals surface area (Å²) < 4.78 is 10.6. The van der Waals surface area contributed by atoms with Crippen LogP contribution in [0.15, 0.2) is 48.0 Å². The minimum absolute atomic E-state index is 0.212. The van der Waals surface area contributed by atoms with E-state index < -0.39 is 23.8 Å². The van der Waals surface area contributed by atoms with Gasteiger partial charge in [0.05, 0.1) is 12.3 Å². The van der Waals surface area contributed by atoms with Crippen molar-refractivity contribution in [3.63, 3.8) is 0 Å². The molecule has 0 spiro atoms. The molecule has 1 saturated heterocycles. The molecule has 2 aromatic rings. The summed E-state index contributed by atoms with van der Waals surface area (Å²) in [5.41, 5.74) is 0.464. The molecular formula is C21H17ClN2O6. The number of carbonyl (C=O) groups excluding carboxylic acids is 4. The Bertz CT molecular complexity index is 1060. The average Bonchev–Trinajstić information content (AvgIpc) is 2.68. The van der Waals surface area contributed by atoms with Crippen LogP contribution >= 0.6 is 11.6 Å². The lowest BCUT2D eigenvalue weighted by atomic mass is 10.1. The van der Waals surface area contributed by atoms with Gasteiger partial charge in [0.1, 0.15) is 5.57 Å². The van der Waals surface area contributed by atoms with Crippen LogP contribution in [0.3, 0.4) is 0 Å². The van der Waals surface area contributed by atoms with E-state index in [-0.39, 0.29) is 22.8 Å². The zero-order valence-corrected chi connectivity index (χ0v) is 16.9. The summed E-state index contributed by atoms with van der Waals surface area (Å²) in [5, 5.41) is 2.58. The van der Waals surface area contributed by atoms with E-state index >= 15 is 0 Å². The number of benzene rings is 2. The van der Waals surface area contributed by atoms with Crippen LogP contribution in [0.2, 0.25) is 5.02 Å². The van der Waals surface area contributed by atoms with Crippen LogP contribution in [-0.4, -0.2) is 30.4 Å². The molecule has 1 heterocycles. The standard InChI is InChI=1S/C21H17ClN2O6/c1-3-29-18-11-13(4-9-17(18)30-12(2)25)10-16-19(26)23-21(28)24(20(16)27)15-7-5-14(22)6-8-15/h4-11H,3H2,1-2H3,(H,23,26,28). The number of esters is 1. The van der Waals surface area contributed by atoms with E-state index in [9.17, 15) is 19.2 Å². The van der Waals surface area contributed by atoms with Gasteiger partial charge in [-0.3, -0.25) is 19.7 Å². The molecule has 3 rings (SSSR count). The van der Waals surface area contributed by atoms with Gasteiger partial charge < -0.3 is 9.47 Å². The highest BCUT2D eigenvalue weighted by Gasteiger charge is 2.36. The number of urea groups is 1. The Kier molecular flexibility index (Phi) is 6.17. The highest BCUT2D eigenvalue weighted by molar-refractivity contribution is 6.39. The molecule has 0 unspecified atom stereocenters. The second-order valence-electron chi connectivity index (χ2n) is 6.17. The van der Waals surface area contributed by atoms with Crippen molar-refractivity contribution in [2.24, 2.45) is 0 Å². The Hall–Kier alpha value is -3.65. The number of amides is 4. The van der Waals surface area contributed by atoms with Gasteiger partial charge in [-0.25, -0.2) is 9.69 Å². The maximum Gasteiger partial charge on any atom is 0.335 e. The number of nitrogens with zero attached hydrogens (tertiary/aromatic N) is 1. The third-order valence-electron chi connectivity index (χ3n) is 4.02. The van der Waals surface area contributed by atoms with Gasteiger partial charge in [-0.15, -0.1) is 0 Å². The quantitative estimate of drug-likeness (QED) is 0.339. The molecular weight excluding hydrogens is 412 g/mol. The Morgan fingerprint density at radius 3 is 2.43 bits per heavy atom. The van der Waals surface area contributed by atoms with Crippen molar-refractivity contribution in [2.45, 2.75) is 13.8 Å². The summed E-state index contributed by atoms with van der Waals surface area (Å²) in [6.45, 7) is 3.34. The molecule has 8 nitrogen and oxygen atoms in total. The topological polar surface area (TPSA) is 102 Å². The van der Waals surface area contributed by atoms with Gasteiger partial charge >= 0.3 is 12.0 Å². The minimum Gasteiger partial charge on any atom is -0.490 e. The molecule has 0 saturated carbocycles. The van der Waals surface area contributed by atoms with Crippen LogP contribution < -0.4 is 19.7 Å². The average molecular weight is 429 g/mol. The van der Waals surface area contributed by atoms with Gasteiger partial charge in [0.2, 0.25) is 0 Å². The first kappa shape index (κ1) is 21.1. The lowest BCUT2D eigenvalue weighted by Gasteiger charge is -2.26. The predicted octanol–water partition coefficient (Wildman–Crippen LogP) is 3.33. The number of barbiturate groups is 1. The molecule has 1 N–H and O–H groups in total. The summed E-state index contributed by atoms with van der Waals surface area (Å²) in [5.74, 6) is -1.63. The minimum atomic E-state index is -0.857. The van der Waals surface area contributed by atoms with Gasteiger partial charge in [0, 0.05) is 11.9 Å². The number of hydrogen-bond donors (Lipinski definition) is 1. The highest BCUT2D eigenvalue weighted by atomic mass is 35.5. The second-order valence-corrected chi connectivity index (χ2v) is 6.60. The number of anilines is 1. The molecule has 1 aliphatic heterocycles. The Labute approximate surface area is 177 Å². The monoisotopic (exact) mass is 428 g/mol. The first-order chi connectivity index (χ1) is 14.3. The maximum atomic E-state index is 12.9. The van der Waals surface area contributed by atoms with Crippen LogP contribution in [0.1, 0.15) is 19.4 Å². The fourth-order valence-electron chi connectivity index (χ4n) is 2.77. The molecule has 9 heteroatoms. The van der Waals surface area contributed by atoms with E-state index in [1.54, 1.807) is 13.0 Å². The van der Waals surface area contributed by atoms with Crippen molar-refractivity contribution in [2.75, 3.05) is 11.5 Å². The summed E-state index contributed by atoms with van der Waals surface area (Å²) >= 11 is 5.85. The van der Waals surface area contributed by atoms with Crippen molar-refractivity contribution in [1.82, 2.24) is 5.32 Å². The van der Waals surface area contributed by atoms with Gasteiger partial charge in [0.25, 0.3) is 11.8 Å². The molecule has 0 atom stereocenters. The van der Waals surface area contributed by atoms with E-state index in [0.29, 0.717) is 17.2 Å². The molecule has 0 radical (unpaired) electrons. The van der Waals surface area contributed by atoms with Crippen LogP contribution in [0.25, 0.3) is 6.08 Å². The molecule has 1 fully saturated rings. The number of nitrogens with one attached hydrogen (secondary N) is 1. The molecule has 0 aromatic heterocycles. The van der Waals surface area contributed by atoms with Gasteiger partial charge in [-0.1, -0.05) is 17.7 Å². The third-order valence-corrected chi connectivity index (χ3v) is 4.27. The van der Waals surface area contributed by atoms with Crippen molar-refractivity contribution in [1.29, 1.82) is 0 Å². The van der Waals surface area contributed by atoms with E-state index in [2.05, 4.69) is 5.32 Å². The summed E-state index contributed by atoms with van der Waals surface area (Å²) in [6, 6.07) is 9.76. The van der Waals surface area contributed by atoms with Crippen LogP contribution in [0.5, 0.6) is 11.5 Å². The van der Waals surface area contributed by atoms with Crippen LogP contribution in [-0.2, 0) is 14.4 Å². The van der Waals surface area contributed by atoms with Gasteiger partial charge in [-0.2, -0.15) is 0 Å². The summed E-state index contributed by atoms with van der Waals surface area (Å²) in [6.07, 6.45) is 1.33. The number of imide groups is 2. The van der Waals surface area contributed by atoms with Crippen molar-refractivity contribution >= 4 is 47.2 Å².